The second-order valence-corrected chi connectivity index (χ2v) is 28.0. The van der Waals surface area contributed by atoms with E-state index in [9.17, 15) is 9.59 Å². The fraction of sp³-hybridized carbons (Fsp3) is 0.967. The van der Waals surface area contributed by atoms with Gasteiger partial charge in [-0.3, -0.25) is 0 Å². The molecule has 4 nitrogen and oxygen atoms in total. The van der Waals surface area contributed by atoms with Crippen LogP contribution in [0.2, 0.25) is 0 Å². The molecule has 64 heavy (non-hydrogen) atoms. The zero-order valence-electron chi connectivity index (χ0n) is 44.5. The SMILES string of the molecule is CC(C=O)CC1CCC2C(CCC2(C)C)C1.CC(C=O)CC1CCC2CCC(C)(C)C2C1.CC(CO)CC1CCC2C(CCC2(C)C)C1.CC(CO)CC1CCC2CCC(C)(C)C2C1. The lowest BCUT2D eigenvalue weighted by Crippen LogP contribution is -2.30. The van der Waals surface area contributed by atoms with Gasteiger partial charge in [-0.1, -0.05) is 109 Å². The summed E-state index contributed by atoms with van der Waals surface area (Å²) in [5.41, 5.74) is 2.35. The lowest BCUT2D eigenvalue weighted by Gasteiger charge is -2.39. The van der Waals surface area contributed by atoms with Gasteiger partial charge < -0.3 is 19.8 Å². The minimum atomic E-state index is 0.270. The molecule has 2 N–H and O–H groups in total. The minimum Gasteiger partial charge on any atom is -0.396 e. The van der Waals surface area contributed by atoms with Gasteiger partial charge in [0.1, 0.15) is 12.6 Å². The number of aliphatic hydroxyl groups excluding tert-OH is 2. The molecule has 16 unspecified atom stereocenters. The zero-order valence-corrected chi connectivity index (χ0v) is 44.5. The smallest absolute Gasteiger partial charge is 0.122 e. The van der Waals surface area contributed by atoms with Gasteiger partial charge in [0, 0.05) is 25.0 Å². The molecule has 8 aliphatic carbocycles. The third-order valence-corrected chi connectivity index (χ3v) is 21.0. The van der Waals surface area contributed by atoms with Crippen molar-refractivity contribution in [2.45, 2.75) is 237 Å². The van der Waals surface area contributed by atoms with E-state index in [0.29, 0.717) is 46.7 Å². The summed E-state index contributed by atoms with van der Waals surface area (Å²) in [5, 5.41) is 18.3. The highest BCUT2D eigenvalue weighted by molar-refractivity contribution is 5.53. The first-order valence-electron chi connectivity index (χ1n) is 28.2. The first-order chi connectivity index (χ1) is 30.1. The molecule has 372 valence electrons. The minimum absolute atomic E-state index is 0.270. The van der Waals surface area contributed by atoms with E-state index in [1.807, 2.05) is 0 Å². The molecule has 0 bridgehead atoms. The Balaban J connectivity index is 0.000000161. The third-order valence-electron chi connectivity index (χ3n) is 21.0. The van der Waals surface area contributed by atoms with Crippen LogP contribution in [-0.4, -0.2) is 36.0 Å². The summed E-state index contributed by atoms with van der Waals surface area (Å²) in [4.78, 5) is 21.4. The van der Waals surface area contributed by atoms with Gasteiger partial charge in [-0.05, 0) is 233 Å². The topological polar surface area (TPSA) is 74.6 Å². The van der Waals surface area contributed by atoms with Crippen LogP contribution in [0.5, 0.6) is 0 Å². The van der Waals surface area contributed by atoms with Crippen LogP contribution in [0.3, 0.4) is 0 Å². The fourth-order valence-corrected chi connectivity index (χ4v) is 16.9. The monoisotopic (exact) mass is 893 g/mol. The summed E-state index contributed by atoms with van der Waals surface area (Å²) in [5.74, 6) is 12.8. The van der Waals surface area contributed by atoms with E-state index < -0.39 is 0 Å². The van der Waals surface area contributed by atoms with Crippen LogP contribution in [0.1, 0.15) is 237 Å². The average molecular weight is 894 g/mol. The second kappa shape index (κ2) is 23.7. The summed E-state index contributed by atoms with van der Waals surface area (Å²) < 4.78 is 0. The van der Waals surface area contributed by atoms with E-state index >= 15 is 0 Å². The quantitative estimate of drug-likeness (QED) is 0.191. The summed E-state index contributed by atoms with van der Waals surface area (Å²) in [7, 11) is 0. The van der Waals surface area contributed by atoms with Crippen LogP contribution in [-0.2, 0) is 9.59 Å². The highest BCUT2D eigenvalue weighted by Gasteiger charge is 2.48. The molecular weight excluding hydrogens is 785 g/mol. The van der Waals surface area contributed by atoms with Crippen molar-refractivity contribution in [2.24, 2.45) is 116 Å². The standard InChI is InChI=1S/C15H28O.C15H26O.C15H28O.C15H26O/c2*1-11(10-16)8-12-4-5-14-13(9-12)6-7-15(14,2)3;2*1-11(10-16)8-12-4-5-13-6-7-15(2,3)14(13)9-12/h11-14,16H,4-10H2,1-3H3;10-14H,4-9H2,1-3H3;11-14,16H,4-10H2,1-3H3;10-14H,4-9H2,1-3H3. The van der Waals surface area contributed by atoms with E-state index in [-0.39, 0.29) is 11.8 Å². The Morgan fingerprint density at radius 2 is 0.688 bits per heavy atom. The lowest BCUT2D eigenvalue weighted by molar-refractivity contribution is -0.112. The van der Waals surface area contributed by atoms with E-state index in [0.717, 1.165) is 96.4 Å². The number of hydrogen-bond acceptors (Lipinski definition) is 4. The molecule has 0 saturated heterocycles. The number of aliphatic hydroxyl groups is 2. The Kier molecular flexibility index (Phi) is 20.1. The normalized spacial score (nSPS) is 39.2. The maximum Gasteiger partial charge on any atom is 0.122 e. The van der Waals surface area contributed by atoms with Crippen molar-refractivity contribution in [2.75, 3.05) is 13.2 Å². The first kappa shape index (κ1) is 54.2. The van der Waals surface area contributed by atoms with E-state index in [2.05, 4.69) is 83.1 Å². The molecule has 0 aromatic heterocycles. The van der Waals surface area contributed by atoms with Crippen molar-refractivity contribution in [3.63, 3.8) is 0 Å². The molecule has 16 atom stereocenters. The van der Waals surface area contributed by atoms with Crippen molar-refractivity contribution in [1.82, 2.24) is 0 Å². The van der Waals surface area contributed by atoms with Gasteiger partial charge in [0.25, 0.3) is 0 Å². The number of rotatable bonds is 12. The Hall–Kier alpha value is -0.740. The third kappa shape index (κ3) is 14.6. The van der Waals surface area contributed by atoms with Crippen molar-refractivity contribution < 1.29 is 19.8 Å². The Morgan fingerprint density at radius 3 is 1.05 bits per heavy atom. The molecule has 0 aromatic carbocycles. The van der Waals surface area contributed by atoms with Gasteiger partial charge in [-0.2, -0.15) is 0 Å². The Bertz CT molecular complexity index is 1400. The second-order valence-electron chi connectivity index (χ2n) is 28.0. The number of aldehydes is 2. The van der Waals surface area contributed by atoms with Crippen LogP contribution in [0.4, 0.5) is 0 Å². The summed E-state index contributed by atoms with van der Waals surface area (Å²) >= 11 is 0. The average Bonchev–Trinajstić information content (AvgIpc) is 3.95. The molecule has 0 aliphatic heterocycles. The largest absolute Gasteiger partial charge is 0.396 e. The van der Waals surface area contributed by atoms with Crippen molar-refractivity contribution in [3.05, 3.63) is 0 Å². The number of hydrogen-bond donors (Lipinski definition) is 2. The molecule has 8 aliphatic rings. The van der Waals surface area contributed by atoms with E-state index in [4.69, 9.17) is 10.2 Å². The van der Waals surface area contributed by atoms with E-state index in [1.54, 1.807) is 0 Å². The lowest BCUT2D eigenvalue weighted by atomic mass is 9.67. The highest BCUT2D eigenvalue weighted by atomic mass is 16.3. The fourth-order valence-electron chi connectivity index (χ4n) is 16.9. The summed E-state index contributed by atoms with van der Waals surface area (Å²) in [6, 6.07) is 0. The van der Waals surface area contributed by atoms with Crippen LogP contribution in [0.25, 0.3) is 0 Å². The molecule has 0 heterocycles. The number of carbonyl (C=O) groups is 2. The zero-order chi connectivity index (χ0) is 47.0. The predicted octanol–water partition coefficient (Wildman–Crippen LogP) is 15.8. The Morgan fingerprint density at radius 1 is 0.391 bits per heavy atom. The van der Waals surface area contributed by atoms with Crippen molar-refractivity contribution in [3.8, 4) is 0 Å². The molecule has 0 amide bonds. The summed E-state index contributed by atoms with van der Waals surface area (Å²) in [6.45, 7) is 28.9. The number of carbonyl (C=O) groups excluding carboxylic acids is 2. The molecule has 0 spiro atoms. The molecular formula is C60H108O4. The van der Waals surface area contributed by atoms with Crippen LogP contribution < -0.4 is 0 Å². The predicted molar refractivity (Wildman–Crippen MR) is 271 cm³/mol. The van der Waals surface area contributed by atoms with Gasteiger partial charge in [0.05, 0.1) is 0 Å². The first-order valence-corrected chi connectivity index (χ1v) is 28.2. The molecule has 0 aromatic rings. The van der Waals surface area contributed by atoms with Crippen molar-refractivity contribution in [1.29, 1.82) is 0 Å². The maximum atomic E-state index is 10.7. The molecule has 4 heteroatoms. The molecule has 0 radical (unpaired) electrons. The van der Waals surface area contributed by atoms with Gasteiger partial charge in [-0.15, -0.1) is 0 Å². The van der Waals surface area contributed by atoms with Crippen LogP contribution >= 0.6 is 0 Å². The van der Waals surface area contributed by atoms with E-state index in [1.165, 1.54) is 141 Å². The van der Waals surface area contributed by atoms with Gasteiger partial charge in [0.15, 0.2) is 0 Å². The highest BCUT2D eigenvalue weighted by Crippen LogP contribution is 2.58. The van der Waals surface area contributed by atoms with Crippen LogP contribution in [0, 0.1) is 116 Å². The molecule has 8 fully saturated rings. The number of fused-ring (bicyclic) bond motifs is 4. The molecule has 8 saturated carbocycles. The maximum absolute atomic E-state index is 10.7. The Labute approximate surface area is 397 Å². The van der Waals surface area contributed by atoms with Crippen LogP contribution in [0.15, 0.2) is 0 Å². The summed E-state index contributed by atoms with van der Waals surface area (Å²) in [6.07, 6.45) is 35.5. The molecule has 8 rings (SSSR count). The van der Waals surface area contributed by atoms with Gasteiger partial charge in [-0.25, -0.2) is 0 Å². The van der Waals surface area contributed by atoms with Gasteiger partial charge in [0.2, 0.25) is 0 Å². The van der Waals surface area contributed by atoms with Gasteiger partial charge >= 0.3 is 0 Å². The van der Waals surface area contributed by atoms with Crippen molar-refractivity contribution >= 4 is 12.6 Å².